The summed E-state index contributed by atoms with van der Waals surface area (Å²) >= 11 is 6.43. The van der Waals surface area contributed by atoms with E-state index >= 15 is 0 Å². The van der Waals surface area contributed by atoms with Gasteiger partial charge in [0.05, 0.1) is 4.88 Å². The Morgan fingerprint density at radius 3 is 3.05 bits per heavy atom. The van der Waals surface area contributed by atoms with E-state index in [4.69, 9.17) is 9.57 Å². The number of ether oxygens (including phenoxy) is 1. The summed E-state index contributed by atoms with van der Waals surface area (Å²) in [6.45, 7) is 0.675. The molecule has 3 heterocycles. The van der Waals surface area contributed by atoms with Crippen LogP contribution in [-0.4, -0.2) is 23.8 Å². The largest absolute Gasteiger partial charge is 0.350 e. The van der Waals surface area contributed by atoms with Crippen molar-refractivity contribution in [3.63, 3.8) is 0 Å². The Morgan fingerprint density at radius 2 is 2.33 bits per heavy atom. The minimum Gasteiger partial charge on any atom is -0.350 e. The number of carbonyl (C=O) groups excluding carboxylic acids is 1. The number of rotatable bonds is 4. The van der Waals surface area contributed by atoms with Crippen LogP contribution in [0.15, 0.2) is 21.3 Å². The standard InChI is InChI=1S/C13H13BrN2O3S2/c14-8-5-10(20-6-8)13-15-9(7-21-13)12(17)16-19-11-3-1-2-4-18-11/h5-7,11H,1-4H2,(H,16,17)/t11-/m1/s1. The Bertz CT molecular complexity index is 622. The number of nitrogens with zero attached hydrogens (tertiary/aromatic N) is 1. The molecule has 0 saturated carbocycles. The zero-order valence-electron chi connectivity index (χ0n) is 11.0. The third-order valence-electron chi connectivity index (χ3n) is 2.94. The Kier molecular flexibility index (Phi) is 5.02. The predicted octanol–water partition coefficient (Wildman–Crippen LogP) is 3.82. The van der Waals surface area contributed by atoms with Gasteiger partial charge in [-0.1, -0.05) is 0 Å². The van der Waals surface area contributed by atoms with Gasteiger partial charge in [0.2, 0.25) is 0 Å². The summed E-state index contributed by atoms with van der Waals surface area (Å²) in [5.74, 6) is -0.345. The van der Waals surface area contributed by atoms with Gasteiger partial charge in [-0.15, -0.1) is 22.7 Å². The first-order chi connectivity index (χ1) is 10.2. The molecule has 112 valence electrons. The summed E-state index contributed by atoms with van der Waals surface area (Å²) in [6, 6.07) is 1.98. The molecule has 1 N–H and O–H groups in total. The molecule has 2 aromatic heterocycles. The SMILES string of the molecule is O=C(NO[C@@H]1CCCCO1)c1csc(-c2cc(Br)cs2)n1. The molecule has 1 aliphatic heterocycles. The summed E-state index contributed by atoms with van der Waals surface area (Å²) < 4.78 is 6.40. The van der Waals surface area contributed by atoms with Gasteiger partial charge in [0.15, 0.2) is 6.29 Å². The van der Waals surface area contributed by atoms with Gasteiger partial charge >= 0.3 is 0 Å². The van der Waals surface area contributed by atoms with Crippen molar-refractivity contribution in [2.24, 2.45) is 0 Å². The highest BCUT2D eigenvalue weighted by atomic mass is 79.9. The van der Waals surface area contributed by atoms with Crippen LogP contribution in [-0.2, 0) is 9.57 Å². The number of hydroxylamine groups is 1. The normalized spacial score (nSPS) is 18.6. The van der Waals surface area contributed by atoms with Crippen molar-refractivity contribution in [3.8, 4) is 9.88 Å². The van der Waals surface area contributed by atoms with Crippen LogP contribution < -0.4 is 5.48 Å². The Balaban J connectivity index is 1.59. The number of amides is 1. The molecule has 3 rings (SSSR count). The van der Waals surface area contributed by atoms with Crippen molar-refractivity contribution in [2.75, 3.05) is 6.61 Å². The number of nitrogens with one attached hydrogen (secondary N) is 1. The molecule has 21 heavy (non-hydrogen) atoms. The van der Waals surface area contributed by atoms with Gasteiger partial charge in [-0.05, 0) is 34.8 Å². The molecule has 1 atom stereocenters. The molecule has 1 fully saturated rings. The second-order valence-corrected chi connectivity index (χ2v) is 7.20. The van der Waals surface area contributed by atoms with Crippen LogP contribution in [0.4, 0.5) is 0 Å². The molecule has 1 amide bonds. The van der Waals surface area contributed by atoms with Crippen LogP contribution in [0.5, 0.6) is 0 Å². The first-order valence-electron chi connectivity index (χ1n) is 6.50. The lowest BCUT2D eigenvalue weighted by Crippen LogP contribution is -2.33. The number of carbonyl (C=O) groups is 1. The van der Waals surface area contributed by atoms with E-state index in [0.717, 1.165) is 33.6 Å². The third-order valence-corrected chi connectivity index (χ3v) is 5.64. The van der Waals surface area contributed by atoms with E-state index in [1.54, 1.807) is 16.7 Å². The molecule has 0 bridgehead atoms. The van der Waals surface area contributed by atoms with E-state index in [9.17, 15) is 4.79 Å². The number of halogens is 1. The van der Waals surface area contributed by atoms with Gasteiger partial charge in [-0.2, -0.15) is 0 Å². The molecular formula is C13H13BrN2O3S2. The molecule has 8 heteroatoms. The highest BCUT2D eigenvalue weighted by Crippen LogP contribution is 2.31. The molecule has 5 nitrogen and oxygen atoms in total. The maximum atomic E-state index is 12.0. The molecule has 1 aliphatic rings. The van der Waals surface area contributed by atoms with Crippen LogP contribution >= 0.6 is 38.6 Å². The Labute approximate surface area is 138 Å². The van der Waals surface area contributed by atoms with Crippen LogP contribution in [0.25, 0.3) is 9.88 Å². The van der Waals surface area contributed by atoms with Crippen molar-refractivity contribution >= 4 is 44.5 Å². The van der Waals surface area contributed by atoms with E-state index in [2.05, 4.69) is 26.4 Å². The molecular weight excluding hydrogens is 376 g/mol. The maximum Gasteiger partial charge on any atom is 0.294 e. The number of thiazole rings is 1. The summed E-state index contributed by atoms with van der Waals surface area (Å²) in [5, 5.41) is 4.54. The molecule has 0 aromatic carbocycles. The fraction of sp³-hybridized carbons (Fsp3) is 0.385. The minimum atomic E-state index is -0.353. The van der Waals surface area contributed by atoms with Crippen molar-refractivity contribution in [2.45, 2.75) is 25.6 Å². The topological polar surface area (TPSA) is 60.5 Å². The fourth-order valence-corrected chi connectivity index (χ4v) is 4.20. The predicted molar refractivity (Wildman–Crippen MR) is 85.3 cm³/mol. The van der Waals surface area contributed by atoms with E-state index in [1.807, 2.05) is 11.4 Å². The average Bonchev–Trinajstić information content (AvgIpc) is 3.14. The lowest BCUT2D eigenvalue weighted by atomic mass is 10.2. The second kappa shape index (κ2) is 6.97. The van der Waals surface area contributed by atoms with Crippen LogP contribution in [0.3, 0.4) is 0 Å². The second-order valence-electron chi connectivity index (χ2n) is 4.51. The summed E-state index contributed by atoms with van der Waals surface area (Å²) in [6.07, 6.45) is 2.54. The molecule has 0 spiro atoms. The molecule has 0 aliphatic carbocycles. The van der Waals surface area contributed by atoms with Gasteiger partial charge < -0.3 is 4.74 Å². The molecule has 0 radical (unpaired) electrons. The summed E-state index contributed by atoms with van der Waals surface area (Å²) in [5.41, 5.74) is 2.77. The van der Waals surface area contributed by atoms with Crippen molar-refractivity contribution in [3.05, 3.63) is 27.0 Å². The van der Waals surface area contributed by atoms with Crippen LogP contribution in [0.2, 0.25) is 0 Å². The number of aromatic nitrogens is 1. The minimum absolute atomic E-state index is 0.345. The van der Waals surface area contributed by atoms with Crippen LogP contribution in [0.1, 0.15) is 29.8 Å². The lowest BCUT2D eigenvalue weighted by molar-refractivity contribution is -0.186. The Morgan fingerprint density at radius 1 is 1.43 bits per heavy atom. The van der Waals surface area contributed by atoms with E-state index in [-0.39, 0.29) is 12.2 Å². The highest BCUT2D eigenvalue weighted by Gasteiger charge is 2.18. The van der Waals surface area contributed by atoms with Gasteiger partial charge in [-0.25, -0.2) is 15.3 Å². The van der Waals surface area contributed by atoms with Crippen LogP contribution in [0, 0.1) is 0 Å². The maximum absolute atomic E-state index is 12.0. The smallest absolute Gasteiger partial charge is 0.294 e. The van der Waals surface area contributed by atoms with Crippen molar-refractivity contribution < 1.29 is 14.4 Å². The monoisotopic (exact) mass is 388 g/mol. The fourth-order valence-electron chi connectivity index (χ4n) is 1.89. The third kappa shape index (κ3) is 3.89. The summed E-state index contributed by atoms with van der Waals surface area (Å²) in [7, 11) is 0. The Hall–Kier alpha value is -0.800. The zero-order chi connectivity index (χ0) is 14.7. The zero-order valence-corrected chi connectivity index (χ0v) is 14.2. The lowest BCUT2D eigenvalue weighted by Gasteiger charge is -2.21. The van der Waals surface area contributed by atoms with Crippen molar-refractivity contribution in [1.82, 2.24) is 10.5 Å². The van der Waals surface area contributed by atoms with E-state index < -0.39 is 0 Å². The molecule has 0 unspecified atom stereocenters. The van der Waals surface area contributed by atoms with Gasteiger partial charge in [0, 0.05) is 28.3 Å². The number of hydrogen-bond donors (Lipinski definition) is 1. The van der Waals surface area contributed by atoms with Gasteiger partial charge in [0.1, 0.15) is 10.7 Å². The number of hydrogen-bond acceptors (Lipinski definition) is 6. The first kappa shape index (κ1) is 15.1. The van der Waals surface area contributed by atoms with E-state index in [0.29, 0.717) is 12.3 Å². The summed E-state index contributed by atoms with van der Waals surface area (Å²) in [4.78, 5) is 22.6. The highest BCUT2D eigenvalue weighted by molar-refractivity contribution is 9.10. The van der Waals surface area contributed by atoms with E-state index in [1.165, 1.54) is 11.3 Å². The first-order valence-corrected chi connectivity index (χ1v) is 9.05. The quantitative estimate of drug-likeness (QED) is 0.808. The van der Waals surface area contributed by atoms with Gasteiger partial charge in [-0.3, -0.25) is 4.79 Å². The van der Waals surface area contributed by atoms with Crippen molar-refractivity contribution in [1.29, 1.82) is 0 Å². The average molecular weight is 389 g/mol. The van der Waals surface area contributed by atoms with Gasteiger partial charge in [0.25, 0.3) is 5.91 Å². The molecule has 1 saturated heterocycles. The molecule has 2 aromatic rings. The number of thiophene rings is 1.